The van der Waals surface area contributed by atoms with Crippen molar-refractivity contribution in [3.05, 3.63) is 0 Å². The predicted molar refractivity (Wildman–Crippen MR) is 57.2 cm³/mol. The first-order valence-electron chi connectivity index (χ1n) is 5.36. The summed E-state index contributed by atoms with van der Waals surface area (Å²) in [5.74, 6) is 2.92. The van der Waals surface area contributed by atoms with Gasteiger partial charge in [0.25, 0.3) is 0 Å². The Morgan fingerprint density at radius 1 is 1.36 bits per heavy atom. The molecule has 0 aliphatic heterocycles. The lowest BCUT2D eigenvalue weighted by molar-refractivity contribution is 0.244. The standard InChI is InChI=1S/C12H18N2/c1-2-3-9-12(14,10-13)11-7-5-4-6-8-11/h1,11H,3-9,14H2. The maximum absolute atomic E-state index is 9.12. The van der Waals surface area contributed by atoms with Gasteiger partial charge in [0.15, 0.2) is 0 Å². The molecule has 76 valence electrons. The Balaban J connectivity index is 2.59. The molecule has 0 bridgehead atoms. The fourth-order valence-corrected chi connectivity index (χ4v) is 2.25. The van der Waals surface area contributed by atoms with Crippen LogP contribution < -0.4 is 5.73 Å². The molecule has 2 heteroatoms. The zero-order valence-electron chi connectivity index (χ0n) is 8.63. The van der Waals surface area contributed by atoms with E-state index in [1.54, 1.807) is 0 Å². The zero-order chi connectivity index (χ0) is 10.4. The fourth-order valence-electron chi connectivity index (χ4n) is 2.25. The van der Waals surface area contributed by atoms with Gasteiger partial charge in [0, 0.05) is 6.42 Å². The number of nitrogens with two attached hydrogens (primary N) is 1. The van der Waals surface area contributed by atoms with Gasteiger partial charge in [-0.25, -0.2) is 0 Å². The van der Waals surface area contributed by atoms with Gasteiger partial charge in [-0.3, -0.25) is 0 Å². The van der Waals surface area contributed by atoms with E-state index >= 15 is 0 Å². The molecule has 0 heterocycles. The summed E-state index contributed by atoms with van der Waals surface area (Å²) in [7, 11) is 0. The Hall–Kier alpha value is -0.990. The van der Waals surface area contributed by atoms with E-state index in [2.05, 4.69) is 12.0 Å². The maximum atomic E-state index is 9.12. The van der Waals surface area contributed by atoms with E-state index in [0.29, 0.717) is 18.8 Å². The molecule has 0 aromatic carbocycles. The third-order valence-corrected chi connectivity index (χ3v) is 3.22. The molecular formula is C12H18N2. The Kier molecular flexibility index (Phi) is 3.98. The second-order valence-electron chi connectivity index (χ2n) is 4.19. The van der Waals surface area contributed by atoms with E-state index in [4.69, 9.17) is 17.4 Å². The molecule has 0 saturated heterocycles. The second-order valence-corrected chi connectivity index (χ2v) is 4.19. The summed E-state index contributed by atoms with van der Waals surface area (Å²) in [5.41, 5.74) is 5.43. The SMILES string of the molecule is C#CCCC(N)(C#N)C1CCCCC1. The number of nitriles is 1. The van der Waals surface area contributed by atoms with Crippen LogP contribution in [0, 0.1) is 29.6 Å². The molecule has 0 aromatic heterocycles. The van der Waals surface area contributed by atoms with Crippen LogP contribution in [0.1, 0.15) is 44.9 Å². The molecular weight excluding hydrogens is 172 g/mol. The molecule has 1 unspecified atom stereocenters. The minimum Gasteiger partial charge on any atom is -0.313 e. The quantitative estimate of drug-likeness (QED) is 0.693. The van der Waals surface area contributed by atoms with Crippen LogP contribution in [0.2, 0.25) is 0 Å². The van der Waals surface area contributed by atoms with E-state index in [1.165, 1.54) is 19.3 Å². The monoisotopic (exact) mass is 190 g/mol. The highest BCUT2D eigenvalue weighted by molar-refractivity contribution is 5.10. The number of hydrogen-bond donors (Lipinski definition) is 1. The molecule has 14 heavy (non-hydrogen) atoms. The van der Waals surface area contributed by atoms with Crippen LogP contribution in [0.15, 0.2) is 0 Å². The van der Waals surface area contributed by atoms with Crippen LogP contribution >= 0.6 is 0 Å². The van der Waals surface area contributed by atoms with Crippen LogP contribution in [-0.4, -0.2) is 5.54 Å². The average molecular weight is 190 g/mol. The zero-order valence-corrected chi connectivity index (χ0v) is 8.63. The Morgan fingerprint density at radius 2 is 2.00 bits per heavy atom. The van der Waals surface area contributed by atoms with Gasteiger partial charge in [-0.05, 0) is 25.2 Å². The number of hydrogen-bond acceptors (Lipinski definition) is 2. The number of terminal acetylenes is 1. The minimum absolute atomic E-state index is 0.356. The molecule has 0 spiro atoms. The average Bonchev–Trinajstić information content (AvgIpc) is 2.27. The largest absolute Gasteiger partial charge is 0.313 e. The van der Waals surface area contributed by atoms with Crippen LogP contribution in [0.4, 0.5) is 0 Å². The van der Waals surface area contributed by atoms with Crippen molar-refractivity contribution in [3.8, 4) is 18.4 Å². The van der Waals surface area contributed by atoms with Crippen molar-refractivity contribution >= 4 is 0 Å². The van der Waals surface area contributed by atoms with E-state index < -0.39 is 5.54 Å². The molecule has 1 aliphatic rings. The molecule has 1 fully saturated rings. The van der Waals surface area contributed by atoms with Gasteiger partial charge in [0.1, 0.15) is 5.54 Å². The van der Waals surface area contributed by atoms with E-state index in [9.17, 15) is 0 Å². The number of nitrogens with zero attached hydrogens (tertiary/aromatic N) is 1. The summed E-state index contributed by atoms with van der Waals surface area (Å²) >= 11 is 0. The molecule has 1 aliphatic carbocycles. The number of rotatable bonds is 3. The van der Waals surface area contributed by atoms with Gasteiger partial charge in [-0.15, -0.1) is 12.3 Å². The van der Waals surface area contributed by atoms with Crippen molar-refractivity contribution in [1.82, 2.24) is 0 Å². The lowest BCUT2D eigenvalue weighted by Gasteiger charge is -2.33. The molecule has 2 nitrogen and oxygen atoms in total. The highest BCUT2D eigenvalue weighted by Crippen LogP contribution is 2.33. The smallest absolute Gasteiger partial charge is 0.108 e. The molecule has 1 atom stereocenters. The second kappa shape index (κ2) is 5.03. The van der Waals surface area contributed by atoms with Crippen molar-refractivity contribution < 1.29 is 0 Å². The molecule has 1 rings (SSSR count). The molecule has 0 amide bonds. The summed E-state index contributed by atoms with van der Waals surface area (Å²) in [6, 6.07) is 2.27. The van der Waals surface area contributed by atoms with Gasteiger partial charge in [-0.2, -0.15) is 5.26 Å². The molecule has 0 aromatic rings. The minimum atomic E-state index is -0.674. The Labute approximate surface area is 86.5 Å². The predicted octanol–water partition coefficient (Wildman–Crippen LogP) is 2.20. The Bertz CT molecular complexity index is 252. The van der Waals surface area contributed by atoms with E-state index in [1.807, 2.05) is 0 Å². The van der Waals surface area contributed by atoms with Crippen LogP contribution in [0.3, 0.4) is 0 Å². The van der Waals surface area contributed by atoms with Gasteiger partial charge < -0.3 is 5.73 Å². The Morgan fingerprint density at radius 3 is 2.50 bits per heavy atom. The maximum Gasteiger partial charge on any atom is 0.108 e. The van der Waals surface area contributed by atoms with Crippen molar-refractivity contribution in [1.29, 1.82) is 5.26 Å². The van der Waals surface area contributed by atoms with Gasteiger partial charge in [0.2, 0.25) is 0 Å². The highest BCUT2D eigenvalue weighted by Gasteiger charge is 2.34. The molecule has 0 radical (unpaired) electrons. The van der Waals surface area contributed by atoms with Crippen LogP contribution in [0.25, 0.3) is 0 Å². The first kappa shape index (κ1) is 11.1. The van der Waals surface area contributed by atoms with E-state index in [0.717, 1.165) is 12.8 Å². The highest BCUT2D eigenvalue weighted by atomic mass is 14.8. The fraction of sp³-hybridized carbons (Fsp3) is 0.750. The van der Waals surface area contributed by atoms with Crippen molar-refractivity contribution in [2.24, 2.45) is 11.7 Å². The first-order chi connectivity index (χ1) is 6.73. The van der Waals surface area contributed by atoms with Crippen LogP contribution in [-0.2, 0) is 0 Å². The van der Waals surface area contributed by atoms with Crippen molar-refractivity contribution in [3.63, 3.8) is 0 Å². The third-order valence-electron chi connectivity index (χ3n) is 3.22. The van der Waals surface area contributed by atoms with Crippen molar-refractivity contribution in [2.75, 3.05) is 0 Å². The van der Waals surface area contributed by atoms with E-state index in [-0.39, 0.29) is 0 Å². The molecule has 1 saturated carbocycles. The summed E-state index contributed by atoms with van der Waals surface area (Å²) in [6.07, 6.45) is 12.3. The summed E-state index contributed by atoms with van der Waals surface area (Å²) in [4.78, 5) is 0. The van der Waals surface area contributed by atoms with Crippen LogP contribution in [0.5, 0.6) is 0 Å². The molecule has 2 N–H and O–H groups in total. The van der Waals surface area contributed by atoms with Gasteiger partial charge in [-0.1, -0.05) is 19.3 Å². The lowest BCUT2D eigenvalue weighted by atomic mass is 9.74. The van der Waals surface area contributed by atoms with Crippen molar-refractivity contribution in [2.45, 2.75) is 50.5 Å². The summed E-state index contributed by atoms with van der Waals surface area (Å²) in [5, 5.41) is 9.12. The van der Waals surface area contributed by atoms with Gasteiger partial charge in [0.05, 0.1) is 6.07 Å². The first-order valence-corrected chi connectivity index (χ1v) is 5.36. The summed E-state index contributed by atoms with van der Waals surface area (Å²) in [6.45, 7) is 0. The van der Waals surface area contributed by atoms with Gasteiger partial charge >= 0.3 is 0 Å². The normalized spacial score (nSPS) is 21.9. The topological polar surface area (TPSA) is 49.8 Å². The lowest BCUT2D eigenvalue weighted by Crippen LogP contribution is -2.46. The third kappa shape index (κ3) is 2.50. The summed E-state index contributed by atoms with van der Waals surface area (Å²) < 4.78 is 0.